The van der Waals surface area contributed by atoms with E-state index in [1.807, 2.05) is 13.8 Å². The second-order valence-corrected chi connectivity index (χ2v) is 5.99. The Morgan fingerprint density at radius 1 is 1.33 bits per heavy atom. The van der Waals surface area contributed by atoms with E-state index >= 15 is 0 Å². The normalized spacial score (nSPS) is 18.9. The number of carbonyl (C=O) groups excluding carboxylic acids is 1. The van der Waals surface area contributed by atoms with E-state index < -0.39 is 0 Å². The van der Waals surface area contributed by atoms with E-state index in [2.05, 4.69) is 0 Å². The number of hydrogen-bond donors (Lipinski definition) is 0. The lowest BCUT2D eigenvalue weighted by Gasteiger charge is -2.22. The van der Waals surface area contributed by atoms with Gasteiger partial charge in [0.25, 0.3) is 0 Å². The second kappa shape index (κ2) is 5.74. The zero-order chi connectivity index (χ0) is 11.3. The summed E-state index contributed by atoms with van der Waals surface area (Å²) in [6.07, 6.45) is 7.03. The van der Waals surface area contributed by atoms with Crippen molar-refractivity contribution in [2.24, 2.45) is 0 Å². The molecule has 0 aromatic carbocycles. The number of halogens is 1. The third kappa shape index (κ3) is 6.03. The van der Waals surface area contributed by atoms with Crippen molar-refractivity contribution in [3.05, 3.63) is 0 Å². The highest BCUT2D eigenvalue weighted by Gasteiger charge is 2.20. The molecule has 1 saturated carbocycles. The fourth-order valence-corrected chi connectivity index (χ4v) is 1.92. The molecular weight excluding hydrogens is 212 g/mol. The Labute approximate surface area is 97.3 Å². The molecule has 0 aliphatic heterocycles. The van der Waals surface area contributed by atoms with Gasteiger partial charge in [-0.25, -0.2) is 0 Å². The molecule has 0 amide bonds. The van der Waals surface area contributed by atoms with Gasteiger partial charge in [-0.2, -0.15) is 0 Å². The summed E-state index contributed by atoms with van der Waals surface area (Å²) in [5.74, 6) is -0.0874. The SMILES string of the molecule is CC(C)(Cl)CCC(=O)OC1CCCCC1. The van der Waals surface area contributed by atoms with Gasteiger partial charge in [-0.3, -0.25) is 4.79 Å². The van der Waals surface area contributed by atoms with Crippen LogP contribution in [0.1, 0.15) is 58.8 Å². The van der Waals surface area contributed by atoms with Crippen LogP contribution >= 0.6 is 11.6 Å². The maximum Gasteiger partial charge on any atom is 0.306 e. The predicted octanol–water partition coefficient (Wildman–Crippen LogP) is 3.66. The Morgan fingerprint density at radius 3 is 2.47 bits per heavy atom. The molecule has 0 N–H and O–H groups in total. The van der Waals surface area contributed by atoms with E-state index in [-0.39, 0.29) is 16.9 Å². The Kier molecular flexibility index (Phi) is 4.91. The fourth-order valence-electron chi connectivity index (χ4n) is 1.83. The van der Waals surface area contributed by atoms with Crippen molar-refractivity contribution in [1.82, 2.24) is 0 Å². The zero-order valence-corrected chi connectivity index (χ0v) is 10.5. The van der Waals surface area contributed by atoms with Gasteiger partial charge in [0.05, 0.1) is 0 Å². The smallest absolute Gasteiger partial charge is 0.306 e. The highest BCUT2D eigenvalue weighted by molar-refractivity contribution is 6.23. The number of rotatable bonds is 4. The van der Waals surface area contributed by atoms with Gasteiger partial charge >= 0.3 is 5.97 Å². The van der Waals surface area contributed by atoms with Crippen LogP contribution in [0.4, 0.5) is 0 Å². The molecule has 1 fully saturated rings. The van der Waals surface area contributed by atoms with Crippen LogP contribution in [0.15, 0.2) is 0 Å². The molecule has 0 heterocycles. The summed E-state index contributed by atoms with van der Waals surface area (Å²) >= 11 is 6.01. The maximum absolute atomic E-state index is 11.5. The van der Waals surface area contributed by atoms with E-state index in [9.17, 15) is 4.79 Å². The van der Waals surface area contributed by atoms with Crippen molar-refractivity contribution >= 4 is 17.6 Å². The fraction of sp³-hybridized carbons (Fsp3) is 0.917. The van der Waals surface area contributed by atoms with Crippen molar-refractivity contribution in [3.63, 3.8) is 0 Å². The standard InChI is InChI=1S/C12H21ClO2/c1-12(2,13)9-8-11(14)15-10-6-4-3-5-7-10/h10H,3-9H2,1-2H3. The van der Waals surface area contributed by atoms with E-state index in [0.29, 0.717) is 12.8 Å². The van der Waals surface area contributed by atoms with Gasteiger partial charge < -0.3 is 4.74 Å². The predicted molar refractivity (Wildman–Crippen MR) is 62.1 cm³/mol. The van der Waals surface area contributed by atoms with Crippen LogP contribution in [0.3, 0.4) is 0 Å². The Hall–Kier alpha value is -0.240. The Morgan fingerprint density at radius 2 is 1.93 bits per heavy atom. The van der Waals surface area contributed by atoms with E-state index in [4.69, 9.17) is 16.3 Å². The molecule has 88 valence electrons. The first-order valence-corrected chi connectivity index (χ1v) is 6.23. The summed E-state index contributed by atoms with van der Waals surface area (Å²) < 4.78 is 5.39. The van der Waals surface area contributed by atoms with Crippen LogP contribution in [-0.4, -0.2) is 16.9 Å². The van der Waals surface area contributed by atoms with Crippen LogP contribution in [0.2, 0.25) is 0 Å². The number of ether oxygens (including phenoxy) is 1. The number of hydrogen-bond acceptors (Lipinski definition) is 2. The van der Waals surface area contributed by atoms with Crippen LogP contribution in [0.25, 0.3) is 0 Å². The molecule has 0 bridgehead atoms. The number of esters is 1. The average molecular weight is 233 g/mol. The highest BCUT2D eigenvalue weighted by atomic mass is 35.5. The summed E-state index contributed by atoms with van der Waals surface area (Å²) in [5, 5.41) is 0. The van der Waals surface area contributed by atoms with Crippen molar-refractivity contribution in [1.29, 1.82) is 0 Å². The van der Waals surface area contributed by atoms with Crippen LogP contribution in [0, 0.1) is 0 Å². The molecule has 1 aliphatic rings. The van der Waals surface area contributed by atoms with Crippen LogP contribution in [0.5, 0.6) is 0 Å². The second-order valence-electron chi connectivity index (χ2n) is 4.97. The Balaban J connectivity index is 2.17. The topological polar surface area (TPSA) is 26.3 Å². The van der Waals surface area contributed by atoms with Gasteiger partial charge in [0.15, 0.2) is 0 Å². The van der Waals surface area contributed by atoms with E-state index in [1.165, 1.54) is 19.3 Å². The van der Waals surface area contributed by atoms with Crippen LogP contribution in [-0.2, 0) is 9.53 Å². The van der Waals surface area contributed by atoms with E-state index in [0.717, 1.165) is 12.8 Å². The first kappa shape index (κ1) is 12.8. The quantitative estimate of drug-likeness (QED) is 0.546. The van der Waals surface area contributed by atoms with Crippen molar-refractivity contribution in [3.8, 4) is 0 Å². The minimum absolute atomic E-state index is 0.0874. The minimum atomic E-state index is -0.300. The van der Waals surface area contributed by atoms with Gasteiger partial charge in [-0.15, -0.1) is 11.6 Å². The van der Waals surface area contributed by atoms with Gasteiger partial charge in [0.2, 0.25) is 0 Å². The largest absolute Gasteiger partial charge is 0.462 e. The molecule has 0 spiro atoms. The lowest BCUT2D eigenvalue weighted by molar-refractivity contribution is -0.150. The van der Waals surface area contributed by atoms with Gasteiger partial charge in [-0.1, -0.05) is 6.42 Å². The molecule has 15 heavy (non-hydrogen) atoms. The molecule has 0 unspecified atom stereocenters. The highest BCUT2D eigenvalue weighted by Crippen LogP contribution is 2.23. The first-order chi connectivity index (χ1) is 6.97. The molecule has 0 atom stereocenters. The van der Waals surface area contributed by atoms with Gasteiger partial charge in [0.1, 0.15) is 6.10 Å². The number of alkyl halides is 1. The molecule has 0 aromatic rings. The molecule has 1 aliphatic carbocycles. The molecule has 0 aromatic heterocycles. The van der Waals surface area contributed by atoms with Crippen molar-refractivity contribution in [2.75, 3.05) is 0 Å². The molecule has 0 radical (unpaired) electrons. The summed E-state index contributed by atoms with van der Waals surface area (Å²) in [4.78, 5) is 11.2. The lowest BCUT2D eigenvalue weighted by Crippen LogP contribution is -2.22. The monoisotopic (exact) mass is 232 g/mol. The maximum atomic E-state index is 11.5. The average Bonchev–Trinajstić information content (AvgIpc) is 2.15. The number of carbonyl (C=O) groups is 1. The summed E-state index contributed by atoms with van der Waals surface area (Å²) in [6.45, 7) is 3.84. The molecule has 0 saturated heterocycles. The summed E-state index contributed by atoms with van der Waals surface area (Å²) in [6, 6.07) is 0. The van der Waals surface area contributed by atoms with Crippen molar-refractivity contribution < 1.29 is 9.53 Å². The Bertz CT molecular complexity index is 202. The first-order valence-electron chi connectivity index (χ1n) is 5.86. The summed E-state index contributed by atoms with van der Waals surface area (Å²) in [5.41, 5.74) is 0. The molecule has 2 nitrogen and oxygen atoms in total. The molecular formula is C12H21ClO2. The zero-order valence-electron chi connectivity index (χ0n) is 9.72. The van der Waals surface area contributed by atoms with E-state index in [1.54, 1.807) is 0 Å². The summed E-state index contributed by atoms with van der Waals surface area (Å²) in [7, 11) is 0. The van der Waals surface area contributed by atoms with Gasteiger partial charge in [0, 0.05) is 11.3 Å². The third-order valence-electron chi connectivity index (χ3n) is 2.77. The third-order valence-corrected chi connectivity index (χ3v) is 2.96. The lowest BCUT2D eigenvalue weighted by atomic mass is 9.98. The van der Waals surface area contributed by atoms with Crippen molar-refractivity contribution in [2.45, 2.75) is 69.8 Å². The molecule has 3 heteroatoms. The van der Waals surface area contributed by atoms with Gasteiger partial charge in [-0.05, 0) is 46.0 Å². The minimum Gasteiger partial charge on any atom is -0.462 e. The molecule has 1 rings (SSSR count). The van der Waals surface area contributed by atoms with Crippen LogP contribution < -0.4 is 0 Å².